The smallest absolute Gasteiger partial charge is 0.0402 e. The van der Waals surface area contributed by atoms with Crippen molar-refractivity contribution in [2.24, 2.45) is 10.8 Å². The van der Waals surface area contributed by atoms with Crippen LogP contribution in [0.2, 0.25) is 0 Å². The number of aliphatic hydroxyl groups is 1. The van der Waals surface area contributed by atoms with Crippen LogP contribution in [0.25, 0.3) is 0 Å². The van der Waals surface area contributed by atoms with Crippen molar-refractivity contribution in [3.63, 3.8) is 0 Å². The molecule has 0 heterocycles. The maximum absolute atomic E-state index is 7.57. The summed E-state index contributed by atoms with van der Waals surface area (Å²) in [5.74, 6) is 0. The third-order valence-electron chi connectivity index (χ3n) is 3.27. The molecule has 0 saturated heterocycles. The summed E-state index contributed by atoms with van der Waals surface area (Å²) < 4.78 is 0. The first-order valence-corrected chi connectivity index (χ1v) is 5.60. The van der Waals surface area contributed by atoms with E-state index < -0.39 is 0 Å². The summed E-state index contributed by atoms with van der Waals surface area (Å²) in [5, 5.41) is 11.0. The Labute approximate surface area is 89.1 Å². The van der Waals surface area contributed by atoms with Crippen LogP contribution in [0.3, 0.4) is 0 Å². The molecule has 1 rings (SSSR count). The molecular weight excluding hydrogens is 174 g/mol. The zero-order valence-electron chi connectivity index (χ0n) is 10.6. The van der Waals surface area contributed by atoms with Gasteiger partial charge in [-0.1, -0.05) is 27.7 Å². The molecule has 0 atom stereocenters. The normalized spacial score (nSPS) is 24.2. The largest absolute Gasteiger partial charge is 0.397 e. The predicted molar refractivity (Wildman–Crippen MR) is 62.4 cm³/mol. The molecule has 0 amide bonds. The Morgan fingerprint density at radius 2 is 1.43 bits per heavy atom. The lowest BCUT2D eigenvalue weighted by atomic mass is 9.79. The van der Waals surface area contributed by atoms with Crippen molar-refractivity contribution >= 4 is 0 Å². The maximum atomic E-state index is 7.57. The van der Waals surface area contributed by atoms with E-state index in [1.54, 1.807) is 6.92 Å². The van der Waals surface area contributed by atoms with Crippen LogP contribution in [0.15, 0.2) is 0 Å². The summed E-state index contributed by atoms with van der Waals surface area (Å²) in [4.78, 5) is 0. The Kier molecular flexibility index (Phi) is 5.10. The van der Waals surface area contributed by atoms with Gasteiger partial charge in [0.1, 0.15) is 0 Å². The Bertz CT molecular complexity index is 148. The van der Waals surface area contributed by atoms with Crippen molar-refractivity contribution in [3.8, 4) is 0 Å². The number of hydrogen-bond acceptors (Lipinski definition) is 2. The van der Waals surface area contributed by atoms with Gasteiger partial charge in [0.25, 0.3) is 0 Å². The summed E-state index contributed by atoms with van der Waals surface area (Å²) in [6.45, 7) is 11.4. The molecule has 0 aromatic carbocycles. The van der Waals surface area contributed by atoms with Crippen molar-refractivity contribution in [2.75, 3.05) is 13.7 Å². The lowest BCUT2D eigenvalue weighted by Crippen LogP contribution is -2.43. The number of nitrogens with one attached hydrogen (secondary N) is 1. The van der Waals surface area contributed by atoms with E-state index in [4.69, 9.17) is 5.11 Å². The van der Waals surface area contributed by atoms with Crippen LogP contribution in [0.1, 0.15) is 47.5 Å². The summed E-state index contributed by atoms with van der Waals surface area (Å²) in [6, 6.07) is 0.676. The van der Waals surface area contributed by atoms with Gasteiger partial charge in [-0.05, 0) is 37.6 Å². The van der Waals surface area contributed by atoms with Crippen LogP contribution in [0.5, 0.6) is 0 Å². The van der Waals surface area contributed by atoms with Gasteiger partial charge in [0.15, 0.2) is 0 Å². The Morgan fingerprint density at radius 1 is 1.14 bits per heavy atom. The molecule has 14 heavy (non-hydrogen) atoms. The zero-order valence-corrected chi connectivity index (χ0v) is 10.6. The standard InChI is InChI=1S/C10H21N.C2H6O/c1-9(2)6-7-10(3,4)8(9)11-5;1-2-3/h8,11H,6-7H2,1-5H3;3H,2H2,1H3. The van der Waals surface area contributed by atoms with Crippen molar-refractivity contribution in [2.45, 2.75) is 53.5 Å². The average molecular weight is 201 g/mol. The van der Waals surface area contributed by atoms with E-state index in [0.29, 0.717) is 16.9 Å². The fraction of sp³-hybridized carbons (Fsp3) is 1.00. The number of aliphatic hydroxyl groups excluding tert-OH is 1. The van der Waals surface area contributed by atoms with Gasteiger partial charge in [-0.15, -0.1) is 0 Å². The first-order valence-electron chi connectivity index (χ1n) is 5.60. The molecule has 86 valence electrons. The Hall–Kier alpha value is -0.0800. The summed E-state index contributed by atoms with van der Waals surface area (Å²) in [5.41, 5.74) is 0.969. The second-order valence-corrected chi connectivity index (χ2v) is 5.52. The van der Waals surface area contributed by atoms with E-state index in [1.807, 2.05) is 0 Å². The van der Waals surface area contributed by atoms with Crippen molar-refractivity contribution in [1.82, 2.24) is 5.32 Å². The number of hydrogen-bond donors (Lipinski definition) is 2. The van der Waals surface area contributed by atoms with Gasteiger partial charge in [-0.2, -0.15) is 0 Å². The minimum Gasteiger partial charge on any atom is -0.397 e. The zero-order chi connectivity index (χ0) is 11.4. The molecule has 0 spiro atoms. The Morgan fingerprint density at radius 3 is 1.57 bits per heavy atom. The van der Waals surface area contributed by atoms with Gasteiger partial charge in [0.2, 0.25) is 0 Å². The number of rotatable bonds is 1. The second-order valence-electron chi connectivity index (χ2n) is 5.52. The van der Waals surface area contributed by atoms with Gasteiger partial charge in [-0.3, -0.25) is 0 Å². The third-order valence-corrected chi connectivity index (χ3v) is 3.27. The van der Waals surface area contributed by atoms with Crippen molar-refractivity contribution in [3.05, 3.63) is 0 Å². The molecule has 0 aromatic rings. The van der Waals surface area contributed by atoms with E-state index in [1.165, 1.54) is 12.8 Å². The molecule has 0 radical (unpaired) electrons. The first kappa shape index (κ1) is 13.9. The van der Waals surface area contributed by atoms with Crippen molar-refractivity contribution < 1.29 is 5.11 Å². The molecule has 0 unspecified atom stereocenters. The molecule has 2 nitrogen and oxygen atoms in total. The van der Waals surface area contributed by atoms with Crippen LogP contribution in [-0.2, 0) is 0 Å². The summed E-state index contributed by atoms with van der Waals surface area (Å²) in [7, 11) is 2.08. The molecule has 1 fully saturated rings. The molecule has 0 aliphatic heterocycles. The molecule has 0 aromatic heterocycles. The van der Waals surface area contributed by atoms with Gasteiger partial charge in [0.05, 0.1) is 0 Å². The maximum Gasteiger partial charge on any atom is 0.0402 e. The fourth-order valence-electron chi connectivity index (χ4n) is 2.77. The topological polar surface area (TPSA) is 32.3 Å². The summed E-state index contributed by atoms with van der Waals surface area (Å²) >= 11 is 0. The van der Waals surface area contributed by atoms with E-state index in [9.17, 15) is 0 Å². The second kappa shape index (κ2) is 5.13. The molecule has 2 N–H and O–H groups in total. The highest BCUT2D eigenvalue weighted by Gasteiger charge is 2.45. The third kappa shape index (κ3) is 3.25. The lowest BCUT2D eigenvalue weighted by molar-refractivity contribution is 0.205. The van der Waals surface area contributed by atoms with Crippen LogP contribution in [0, 0.1) is 10.8 Å². The van der Waals surface area contributed by atoms with Gasteiger partial charge >= 0.3 is 0 Å². The molecule has 1 saturated carbocycles. The molecule has 1 aliphatic rings. The monoisotopic (exact) mass is 201 g/mol. The first-order chi connectivity index (χ1) is 6.31. The minimum absolute atomic E-state index is 0.250. The van der Waals surface area contributed by atoms with E-state index >= 15 is 0 Å². The molecule has 2 heteroatoms. The van der Waals surface area contributed by atoms with Crippen LogP contribution in [-0.4, -0.2) is 24.8 Å². The highest BCUT2D eigenvalue weighted by atomic mass is 16.2. The highest BCUT2D eigenvalue weighted by molar-refractivity contribution is 5.00. The SMILES string of the molecule is CCO.CNC1C(C)(C)CCC1(C)C. The van der Waals surface area contributed by atoms with E-state index in [2.05, 4.69) is 40.1 Å². The van der Waals surface area contributed by atoms with Crippen molar-refractivity contribution in [1.29, 1.82) is 0 Å². The highest BCUT2D eigenvalue weighted by Crippen LogP contribution is 2.48. The Balaban J connectivity index is 0.000000500. The average Bonchev–Trinajstić information content (AvgIpc) is 2.23. The fourth-order valence-corrected chi connectivity index (χ4v) is 2.77. The lowest BCUT2D eigenvalue weighted by Gasteiger charge is -2.35. The van der Waals surface area contributed by atoms with Crippen LogP contribution >= 0.6 is 0 Å². The predicted octanol–water partition coefficient (Wildman–Crippen LogP) is 2.42. The quantitative estimate of drug-likeness (QED) is 0.683. The molecule has 1 aliphatic carbocycles. The van der Waals surface area contributed by atoms with Gasteiger partial charge in [-0.25, -0.2) is 0 Å². The van der Waals surface area contributed by atoms with E-state index in [-0.39, 0.29) is 6.61 Å². The molecular formula is C12H27NO. The van der Waals surface area contributed by atoms with Gasteiger partial charge < -0.3 is 10.4 Å². The molecule has 0 bridgehead atoms. The van der Waals surface area contributed by atoms with E-state index in [0.717, 1.165) is 0 Å². The van der Waals surface area contributed by atoms with Gasteiger partial charge in [0, 0.05) is 12.6 Å². The van der Waals surface area contributed by atoms with Crippen LogP contribution < -0.4 is 5.32 Å². The minimum atomic E-state index is 0.250. The van der Waals surface area contributed by atoms with Crippen LogP contribution in [0.4, 0.5) is 0 Å². The summed E-state index contributed by atoms with van der Waals surface area (Å²) in [6.07, 6.45) is 2.71.